The van der Waals surface area contributed by atoms with Crippen molar-refractivity contribution in [3.8, 4) is 0 Å². The van der Waals surface area contributed by atoms with Gasteiger partial charge in [0.2, 0.25) is 0 Å². The first kappa shape index (κ1) is 13.5. The van der Waals surface area contributed by atoms with Gasteiger partial charge in [0.1, 0.15) is 0 Å². The molecule has 0 spiro atoms. The summed E-state index contributed by atoms with van der Waals surface area (Å²) in [5.41, 5.74) is 3.74. The highest BCUT2D eigenvalue weighted by atomic mass is 16.5. The number of aromatic nitrogens is 2. The van der Waals surface area contributed by atoms with Crippen LogP contribution in [0.25, 0.3) is 22.1 Å². The molecule has 0 bridgehead atoms. The molecule has 3 rings (SSSR count). The van der Waals surface area contributed by atoms with Gasteiger partial charge in [-0.15, -0.1) is 0 Å². The molecule has 21 heavy (non-hydrogen) atoms. The molecular weight excluding hydrogens is 266 g/mol. The van der Waals surface area contributed by atoms with Crippen LogP contribution in [-0.4, -0.2) is 36.1 Å². The minimum atomic E-state index is -0.135. The van der Waals surface area contributed by atoms with E-state index >= 15 is 0 Å². The lowest BCUT2D eigenvalue weighted by molar-refractivity contribution is 0.0937. The summed E-state index contributed by atoms with van der Waals surface area (Å²) in [4.78, 5) is 21.1. The number of hydrogen-bond donors (Lipinski definition) is 1. The van der Waals surface area contributed by atoms with Crippen molar-refractivity contribution in [2.75, 3.05) is 20.3 Å². The first-order valence-corrected chi connectivity index (χ1v) is 6.71. The summed E-state index contributed by atoms with van der Waals surface area (Å²) in [6.45, 7) is 0.973. The number of hydrogen-bond acceptors (Lipinski definition) is 4. The van der Waals surface area contributed by atoms with Crippen LogP contribution in [0, 0.1) is 0 Å². The number of rotatable bonds is 4. The van der Waals surface area contributed by atoms with E-state index in [2.05, 4.69) is 15.3 Å². The third kappa shape index (κ3) is 2.83. The zero-order chi connectivity index (χ0) is 14.7. The summed E-state index contributed by atoms with van der Waals surface area (Å²) >= 11 is 0. The van der Waals surface area contributed by atoms with Gasteiger partial charge in [-0.1, -0.05) is 12.1 Å². The lowest BCUT2D eigenvalue weighted by Crippen LogP contribution is -2.26. The van der Waals surface area contributed by atoms with E-state index in [1.807, 2.05) is 30.3 Å². The molecule has 2 aromatic carbocycles. The molecule has 0 aliphatic rings. The van der Waals surface area contributed by atoms with Gasteiger partial charge in [0, 0.05) is 19.2 Å². The number of nitrogens with zero attached hydrogens (tertiary/aromatic N) is 2. The Hall–Kier alpha value is -2.53. The van der Waals surface area contributed by atoms with Crippen LogP contribution < -0.4 is 5.32 Å². The molecule has 1 heterocycles. The van der Waals surface area contributed by atoms with Crippen LogP contribution in [0.2, 0.25) is 0 Å². The van der Waals surface area contributed by atoms with Crippen molar-refractivity contribution >= 4 is 28.0 Å². The number of ether oxygens (including phenoxy) is 1. The molecule has 1 N–H and O–H groups in total. The second kappa shape index (κ2) is 5.85. The minimum absolute atomic E-state index is 0.135. The second-order valence-electron chi connectivity index (χ2n) is 4.66. The van der Waals surface area contributed by atoms with Gasteiger partial charge in [-0.2, -0.15) is 0 Å². The fourth-order valence-corrected chi connectivity index (χ4v) is 2.13. The second-order valence-corrected chi connectivity index (χ2v) is 4.66. The van der Waals surface area contributed by atoms with Crippen LogP contribution in [-0.2, 0) is 4.74 Å². The van der Waals surface area contributed by atoms with Gasteiger partial charge in [-0.25, -0.2) is 9.97 Å². The lowest BCUT2D eigenvalue weighted by atomic mass is 10.1. The maximum absolute atomic E-state index is 12.0. The van der Waals surface area contributed by atoms with Crippen molar-refractivity contribution in [1.82, 2.24) is 15.3 Å². The van der Waals surface area contributed by atoms with Crippen LogP contribution in [0.3, 0.4) is 0 Å². The van der Waals surface area contributed by atoms with Crippen molar-refractivity contribution in [3.05, 3.63) is 48.0 Å². The summed E-state index contributed by atoms with van der Waals surface area (Å²) < 4.78 is 4.91. The number of carbonyl (C=O) groups is 1. The lowest BCUT2D eigenvalue weighted by Gasteiger charge is -2.06. The number of benzene rings is 2. The Morgan fingerprint density at radius 3 is 2.43 bits per heavy atom. The first-order chi connectivity index (χ1) is 10.3. The van der Waals surface area contributed by atoms with Crippen LogP contribution in [0.15, 0.2) is 42.5 Å². The number of fused-ring (bicyclic) bond motifs is 2. The zero-order valence-corrected chi connectivity index (χ0v) is 11.7. The van der Waals surface area contributed by atoms with E-state index in [1.165, 1.54) is 0 Å². The Kier molecular flexibility index (Phi) is 3.75. The molecule has 5 nitrogen and oxygen atoms in total. The number of para-hydroxylation sites is 2. The van der Waals surface area contributed by atoms with Crippen molar-refractivity contribution in [2.45, 2.75) is 0 Å². The van der Waals surface area contributed by atoms with E-state index < -0.39 is 0 Å². The molecule has 5 heteroatoms. The maximum atomic E-state index is 12.0. The number of methoxy groups -OCH3 is 1. The zero-order valence-electron chi connectivity index (χ0n) is 11.7. The van der Waals surface area contributed by atoms with E-state index in [0.717, 1.165) is 16.6 Å². The van der Waals surface area contributed by atoms with Crippen molar-refractivity contribution in [1.29, 1.82) is 0 Å². The normalized spacial score (nSPS) is 10.9. The molecule has 0 unspecified atom stereocenters. The molecule has 0 saturated carbocycles. The number of amides is 1. The summed E-state index contributed by atoms with van der Waals surface area (Å²) in [6.07, 6.45) is 0. The molecule has 0 atom stereocenters. The molecule has 0 fully saturated rings. The average molecular weight is 281 g/mol. The molecule has 3 aromatic rings. The maximum Gasteiger partial charge on any atom is 0.251 e. The van der Waals surface area contributed by atoms with Crippen LogP contribution in [0.4, 0.5) is 0 Å². The molecule has 106 valence electrons. The van der Waals surface area contributed by atoms with Gasteiger partial charge in [-0.05, 0) is 30.3 Å². The van der Waals surface area contributed by atoms with E-state index in [1.54, 1.807) is 19.2 Å². The van der Waals surface area contributed by atoms with Gasteiger partial charge in [0.15, 0.2) is 0 Å². The van der Waals surface area contributed by atoms with Gasteiger partial charge in [0.25, 0.3) is 5.91 Å². The highest BCUT2D eigenvalue weighted by Gasteiger charge is 2.08. The SMILES string of the molecule is COCCNC(=O)c1ccc2nc3ccccc3nc2c1. The minimum Gasteiger partial charge on any atom is -0.383 e. The molecule has 0 aliphatic heterocycles. The monoisotopic (exact) mass is 281 g/mol. The van der Waals surface area contributed by atoms with E-state index in [0.29, 0.717) is 24.2 Å². The fraction of sp³-hybridized carbons (Fsp3) is 0.188. The van der Waals surface area contributed by atoms with Crippen molar-refractivity contribution in [3.63, 3.8) is 0 Å². The first-order valence-electron chi connectivity index (χ1n) is 6.71. The summed E-state index contributed by atoms with van der Waals surface area (Å²) in [5, 5.41) is 2.79. The molecule has 0 aliphatic carbocycles. The molecule has 0 saturated heterocycles. The fourth-order valence-electron chi connectivity index (χ4n) is 2.13. The molecule has 1 aromatic heterocycles. The summed E-state index contributed by atoms with van der Waals surface area (Å²) in [5.74, 6) is -0.135. The van der Waals surface area contributed by atoms with E-state index in [-0.39, 0.29) is 5.91 Å². The average Bonchev–Trinajstić information content (AvgIpc) is 2.52. The van der Waals surface area contributed by atoms with Gasteiger partial charge >= 0.3 is 0 Å². The molecule has 1 amide bonds. The van der Waals surface area contributed by atoms with Crippen molar-refractivity contribution in [2.24, 2.45) is 0 Å². The van der Waals surface area contributed by atoms with Gasteiger partial charge < -0.3 is 10.1 Å². The Morgan fingerprint density at radius 1 is 1.05 bits per heavy atom. The largest absolute Gasteiger partial charge is 0.383 e. The third-order valence-electron chi connectivity index (χ3n) is 3.19. The Bertz CT molecular complexity index is 802. The number of nitrogens with one attached hydrogen (secondary N) is 1. The third-order valence-corrected chi connectivity index (χ3v) is 3.19. The number of carbonyl (C=O) groups excluding carboxylic acids is 1. The van der Waals surface area contributed by atoms with E-state index in [4.69, 9.17) is 4.74 Å². The summed E-state index contributed by atoms with van der Waals surface area (Å²) in [7, 11) is 1.60. The smallest absolute Gasteiger partial charge is 0.251 e. The topological polar surface area (TPSA) is 64.1 Å². The predicted octanol–water partition coefficient (Wildman–Crippen LogP) is 2.16. The quantitative estimate of drug-likeness (QED) is 0.588. The highest BCUT2D eigenvalue weighted by Crippen LogP contribution is 2.17. The van der Waals surface area contributed by atoms with Crippen LogP contribution in [0.1, 0.15) is 10.4 Å². The molecule has 0 radical (unpaired) electrons. The van der Waals surface area contributed by atoms with Crippen LogP contribution >= 0.6 is 0 Å². The Labute approximate surface area is 122 Å². The van der Waals surface area contributed by atoms with Crippen molar-refractivity contribution < 1.29 is 9.53 Å². The Balaban J connectivity index is 1.95. The predicted molar refractivity (Wildman–Crippen MR) is 81.3 cm³/mol. The Morgan fingerprint density at radius 2 is 1.71 bits per heavy atom. The van der Waals surface area contributed by atoms with Gasteiger partial charge in [-0.3, -0.25) is 4.79 Å². The molecular formula is C16H15N3O2. The van der Waals surface area contributed by atoms with E-state index in [9.17, 15) is 4.79 Å². The highest BCUT2D eigenvalue weighted by molar-refractivity contribution is 5.98. The van der Waals surface area contributed by atoms with Crippen LogP contribution in [0.5, 0.6) is 0 Å². The summed E-state index contributed by atoms with van der Waals surface area (Å²) in [6, 6.07) is 13.0. The standard InChI is InChI=1S/C16H15N3O2/c1-21-9-8-17-16(20)11-6-7-14-15(10-11)19-13-5-3-2-4-12(13)18-14/h2-7,10H,8-9H2,1H3,(H,17,20). The van der Waals surface area contributed by atoms with Gasteiger partial charge in [0.05, 0.1) is 28.7 Å².